The van der Waals surface area contributed by atoms with Crippen molar-refractivity contribution in [1.82, 2.24) is 10.6 Å². The molecule has 0 bridgehead atoms. The first-order chi connectivity index (χ1) is 5.52. The van der Waals surface area contributed by atoms with Gasteiger partial charge in [0.1, 0.15) is 0 Å². The first kappa shape index (κ1) is 10.5. The average molecular weight is 176 g/mol. The molecule has 7 nitrogen and oxygen atoms in total. The molecule has 0 saturated heterocycles. The number of nitrogens with one attached hydrogen (secondary N) is 2. The summed E-state index contributed by atoms with van der Waals surface area (Å²) >= 11 is 0. The minimum absolute atomic E-state index is 0.0182. The Labute approximate surface area is 69.1 Å². The van der Waals surface area contributed by atoms with Crippen molar-refractivity contribution < 1.29 is 14.7 Å². The summed E-state index contributed by atoms with van der Waals surface area (Å²) in [4.78, 5) is 20.3. The van der Waals surface area contributed by atoms with E-state index in [0.29, 0.717) is 0 Å². The highest BCUT2D eigenvalue weighted by atomic mass is 16.3. The van der Waals surface area contributed by atoms with Gasteiger partial charge in [0.15, 0.2) is 0 Å². The van der Waals surface area contributed by atoms with E-state index in [9.17, 15) is 9.59 Å². The first-order valence-electron chi connectivity index (χ1n) is 3.27. The zero-order chi connectivity index (χ0) is 9.56. The monoisotopic (exact) mass is 176 g/mol. The van der Waals surface area contributed by atoms with Crippen LogP contribution in [0.25, 0.3) is 0 Å². The number of carbonyl (C=O) groups excluding carboxylic acids is 2. The second-order valence-electron chi connectivity index (χ2n) is 2.14. The van der Waals surface area contributed by atoms with E-state index in [2.05, 4.69) is 10.6 Å². The lowest BCUT2D eigenvalue weighted by molar-refractivity contribution is 0.169. The highest BCUT2D eigenvalue weighted by molar-refractivity contribution is 5.72. The molecule has 0 rings (SSSR count). The minimum Gasteiger partial charge on any atom is -0.389 e. The van der Waals surface area contributed by atoms with Crippen LogP contribution in [0.15, 0.2) is 0 Å². The van der Waals surface area contributed by atoms with Gasteiger partial charge in [-0.05, 0) is 0 Å². The number of rotatable bonds is 4. The fourth-order valence-electron chi connectivity index (χ4n) is 0.509. The maximum absolute atomic E-state index is 10.1. The topological polar surface area (TPSA) is 130 Å². The summed E-state index contributed by atoms with van der Waals surface area (Å²) in [6.45, 7) is -0.0365. The van der Waals surface area contributed by atoms with Crippen LogP contribution in [0.5, 0.6) is 0 Å². The average Bonchev–Trinajstić information content (AvgIpc) is 1.96. The normalized spacial score (nSPS) is 9.50. The standard InChI is InChI=1S/C5H12N4O3/c6-4(11)8-1-3(10)2-9-5(7)12/h3,10H,1-2H2,(H3,6,8,11)(H3,7,9,12). The summed E-state index contributed by atoms with van der Waals surface area (Å²) < 4.78 is 0. The molecule has 4 amide bonds. The van der Waals surface area contributed by atoms with Gasteiger partial charge in [0.2, 0.25) is 0 Å². The Morgan fingerprint density at radius 2 is 1.50 bits per heavy atom. The number of nitrogens with two attached hydrogens (primary N) is 2. The van der Waals surface area contributed by atoms with Gasteiger partial charge in [-0.1, -0.05) is 0 Å². The van der Waals surface area contributed by atoms with Crippen molar-refractivity contribution in [3.8, 4) is 0 Å². The number of amides is 4. The molecule has 7 N–H and O–H groups in total. The molecule has 0 unspecified atom stereocenters. The van der Waals surface area contributed by atoms with Crippen LogP contribution in [0.2, 0.25) is 0 Å². The van der Waals surface area contributed by atoms with Gasteiger partial charge in [-0.2, -0.15) is 0 Å². The second kappa shape index (κ2) is 5.19. The van der Waals surface area contributed by atoms with Crippen molar-refractivity contribution in [2.45, 2.75) is 6.10 Å². The van der Waals surface area contributed by atoms with Crippen LogP contribution in [-0.2, 0) is 0 Å². The van der Waals surface area contributed by atoms with E-state index in [1.807, 2.05) is 0 Å². The molecule has 0 aliphatic carbocycles. The third kappa shape index (κ3) is 6.62. The quantitative estimate of drug-likeness (QED) is 0.329. The largest absolute Gasteiger partial charge is 0.389 e. The Kier molecular flexibility index (Phi) is 4.54. The third-order valence-electron chi connectivity index (χ3n) is 1.02. The van der Waals surface area contributed by atoms with Gasteiger partial charge in [0, 0.05) is 13.1 Å². The van der Waals surface area contributed by atoms with Crippen LogP contribution < -0.4 is 22.1 Å². The van der Waals surface area contributed by atoms with Gasteiger partial charge in [0.05, 0.1) is 6.10 Å². The van der Waals surface area contributed by atoms with E-state index in [1.54, 1.807) is 0 Å². The van der Waals surface area contributed by atoms with Crippen molar-refractivity contribution in [3.05, 3.63) is 0 Å². The van der Waals surface area contributed by atoms with Crippen molar-refractivity contribution in [1.29, 1.82) is 0 Å². The second-order valence-corrected chi connectivity index (χ2v) is 2.14. The molecule has 0 aromatic rings. The molecular formula is C5H12N4O3. The van der Waals surface area contributed by atoms with E-state index < -0.39 is 18.2 Å². The molecule has 0 aliphatic rings. The van der Waals surface area contributed by atoms with E-state index in [0.717, 1.165) is 0 Å². The predicted octanol–water partition coefficient (Wildman–Crippen LogP) is -2.32. The van der Waals surface area contributed by atoms with E-state index in [1.165, 1.54) is 0 Å². The Bertz CT molecular complexity index is 154. The van der Waals surface area contributed by atoms with Crippen LogP contribution in [0.3, 0.4) is 0 Å². The van der Waals surface area contributed by atoms with E-state index in [-0.39, 0.29) is 13.1 Å². The number of aliphatic hydroxyl groups excluding tert-OH is 1. The lowest BCUT2D eigenvalue weighted by atomic mass is 10.3. The maximum Gasteiger partial charge on any atom is 0.312 e. The Balaban J connectivity index is 3.39. The van der Waals surface area contributed by atoms with Crippen molar-refractivity contribution in [2.24, 2.45) is 11.5 Å². The third-order valence-corrected chi connectivity index (χ3v) is 1.02. The van der Waals surface area contributed by atoms with Crippen LogP contribution >= 0.6 is 0 Å². The van der Waals surface area contributed by atoms with Crippen molar-refractivity contribution in [2.75, 3.05) is 13.1 Å². The molecular weight excluding hydrogens is 164 g/mol. The van der Waals surface area contributed by atoms with E-state index >= 15 is 0 Å². The van der Waals surface area contributed by atoms with Crippen molar-refractivity contribution in [3.63, 3.8) is 0 Å². The molecule has 0 heterocycles. The molecule has 0 aromatic carbocycles. The van der Waals surface area contributed by atoms with Gasteiger partial charge < -0.3 is 27.2 Å². The number of carbonyl (C=O) groups is 2. The number of hydrogen-bond acceptors (Lipinski definition) is 3. The minimum atomic E-state index is -0.884. The molecule has 0 saturated carbocycles. The Hall–Kier alpha value is -1.50. The number of primary amides is 2. The van der Waals surface area contributed by atoms with Gasteiger partial charge in [0.25, 0.3) is 0 Å². The fourth-order valence-corrected chi connectivity index (χ4v) is 0.509. The van der Waals surface area contributed by atoms with E-state index in [4.69, 9.17) is 16.6 Å². The summed E-state index contributed by atoms with van der Waals surface area (Å²) in [7, 11) is 0. The molecule has 0 spiro atoms. The smallest absolute Gasteiger partial charge is 0.312 e. The fraction of sp³-hybridized carbons (Fsp3) is 0.600. The lowest BCUT2D eigenvalue weighted by Crippen LogP contribution is -2.42. The molecule has 0 aromatic heterocycles. The summed E-state index contributed by atoms with van der Waals surface area (Å²) in [5, 5.41) is 13.3. The van der Waals surface area contributed by atoms with Crippen molar-refractivity contribution >= 4 is 12.1 Å². The molecule has 70 valence electrons. The SMILES string of the molecule is NC(=O)NCC(O)CNC(N)=O. The summed E-state index contributed by atoms with van der Waals surface area (Å²) in [6, 6.07) is -1.46. The molecule has 12 heavy (non-hydrogen) atoms. The maximum atomic E-state index is 10.1. The van der Waals surface area contributed by atoms with Gasteiger partial charge in [-0.15, -0.1) is 0 Å². The Morgan fingerprint density at radius 3 is 1.75 bits per heavy atom. The highest BCUT2D eigenvalue weighted by Crippen LogP contribution is 1.76. The van der Waals surface area contributed by atoms with Crippen LogP contribution in [0, 0.1) is 0 Å². The molecule has 0 aliphatic heterocycles. The Morgan fingerprint density at radius 1 is 1.17 bits per heavy atom. The summed E-state index contributed by atoms with van der Waals surface area (Å²) in [6.07, 6.45) is -0.884. The molecule has 0 atom stereocenters. The first-order valence-corrected chi connectivity index (χ1v) is 3.27. The van der Waals surface area contributed by atoms with Crippen LogP contribution in [0.4, 0.5) is 9.59 Å². The summed E-state index contributed by atoms with van der Waals surface area (Å²) in [5.41, 5.74) is 9.45. The van der Waals surface area contributed by atoms with Gasteiger partial charge >= 0.3 is 12.1 Å². The number of aliphatic hydroxyl groups is 1. The number of urea groups is 2. The molecule has 0 fully saturated rings. The van der Waals surface area contributed by atoms with Gasteiger partial charge in [-0.3, -0.25) is 0 Å². The van der Waals surface area contributed by atoms with Crippen LogP contribution in [0.1, 0.15) is 0 Å². The zero-order valence-corrected chi connectivity index (χ0v) is 6.41. The number of hydrogen-bond donors (Lipinski definition) is 5. The zero-order valence-electron chi connectivity index (χ0n) is 6.41. The summed E-state index contributed by atoms with van der Waals surface area (Å²) in [5.74, 6) is 0. The molecule has 0 radical (unpaired) electrons. The highest BCUT2D eigenvalue weighted by Gasteiger charge is 2.04. The van der Waals surface area contributed by atoms with Crippen LogP contribution in [-0.4, -0.2) is 36.4 Å². The molecule has 7 heteroatoms. The lowest BCUT2D eigenvalue weighted by Gasteiger charge is -2.10. The van der Waals surface area contributed by atoms with Gasteiger partial charge in [-0.25, -0.2) is 9.59 Å². The predicted molar refractivity (Wildman–Crippen MR) is 41.2 cm³/mol.